The third-order valence-electron chi connectivity index (χ3n) is 5.67. The van der Waals surface area contributed by atoms with Crippen LogP contribution in [0.2, 0.25) is 0 Å². The molecule has 2 aliphatic rings. The third kappa shape index (κ3) is 3.14. The first-order valence-electron chi connectivity index (χ1n) is 9.48. The van der Waals surface area contributed by atoms with Crippen LogP contribution in [0.1, 0.15) is 23.9 Å². The van der Waals surface area contributed by atoms with Gasteiger partial charge in [0.15, 0.2) is 5.82 Å². The maximum atomic E-state index is 13.1. The average Bonchev–Trinajstić information content (AvgIpc) is 3.40. The summed E-state index contributed by atoms with van der Waals surface area (Å²) in [6, 6.07) is 9.41. The Kier molecular flexibility index (Phi) is 4.63. The molecule has 2 N–H and O–H groups in total. The fourth-order valence-corrected chi connectivity index (χ4v) is 4.89. The van der Waals surface area contributed by atoms with Gasteiger partial charge in [-0.1, -0.05) is 30.3 Å². The molecule has 1 aromatic carbocycles. The largest absolute Gasteiger partial charge is 0.445 e. The first-order chi connectivity index (χ1) is 14.1. The van der Waals surface area contributed by atoms with Crippen LogP contribution in [0.25, 0.3) is 5.52 Å². The number of benzene rings is 1. The average molecular weight is 458 g/mol. The molecule has 0 radical (unpaired) electrons. The Bertz CT molecular complexity index is 1060. The minimum absolute atomic E-state index is 0.0198. The van der Waals surface area contributed by atoms with Crippen molar-refractivity contribution < 1.29 is 14.3 Å². The smallest absolute Gasteiger partial charge is 0.411 e. The zero-order chi connectivity index (χ0) is 20.0. The summed E-state index contributed by atoms with van der Waals surface area (Å²) < 4.78 is 13.8. The van der Waals surface area contributed by atoms with Crippen molar-refractivity contribution >= 4 is 33.4 Å². The number of carbonyl (C=O) groups excluding carboxylic acids is 1. The van der Waals surface area contributed by atoms with E-state index in [9.17, 15) is 4.79 Å². The van der Waals surface area contributed by atoms with Crippen LogP contribution in [0.5, 0.6) is 0 Å². The van der Waals surface area contributed by atoms with Gasteiger partial charge in [-0.3, -0.25) is 9.30 Å². The number of hydrogen-bond acceptors (Lipinski definition) is 6. The van der Waals surface area contributed by atoms with E-state index in [1.54, 1.807) is 11.1 Å². The number of amides is 1. The number of hydrogen-bond donors (Lipinski definition) is 1. The Morgan fingerprint density at radius 1 is 1.31 bits per heavy atom. The van der Waals surface area contributed by atoms with Gasteiger partial charge in [-0.05, 0) is 27.9 Å². The summed E-state index contributed by atoms with van der Waals surface area (Å²) in [5, 5.41) is 0. The van der Waals surface area contributed by atoms with E-state index in [1.165, 1.54) is 0 Å². The summed E-state index contributed by atoms with van der Waals surface area (Å²) in [4.78, 5) is 23.7. The van der Waals surface area contributed by atoms with Gasteiger partial charge >= 0.3 is 6.09 Å². The van der Waals surface area contributed by atoms with Crippen LogP contribution < -0.4 is 5.73 Å². The van der Waals surface area contributed by atoms with Gasteiger partial charge in [0.25, 0.3) is 0 Å². The van der Waals surface area contributed by atoms with Gasteiger partial charge in [0, 0.05) is 18.3 Å². The van der Waals surface area contributed by atoms with Crippen LogP contribution >= 0.6 is 15.9 Å². The predicted molar refractivity (Wildman–Crippen MR) is 109 cm³/mol. The predicted octanol–water partition coefficient (Wildman–Crippen LogP) is 3.17. The number of nitrogens with zero attached hydrogens (tertiary/aromatic N) is 4. The van der Waals surface area contributed by atoms with E-state index in [0.717, 1.165) is 17.8 Å². The highest BCUT2D eigenvalue weighted by Crippen LogP contribution is 2.43. The lowest BCUT2D eigenvalue weighted by molar-refractivity contribution is 0.0653. The number of anilines is 1. The van der Waals surface area contributed by atoms with E-state index in [0.29, 0.717) is 29.2 Å². The molecule has 1 amide bonds. The molecular weight excluding hydrogens is 438 g/mol. The van der Waals surface area contributed by atoms with Crippen LogP contribution in [0.3, 0.4) is 0 Å². The summed E-state index contributed by atoms with van der Waals surface area (Å²) in [5.74, 6) is 1.39. The monoisotopic (exact) mass is 457 g/mol. The molecule has 0 saturated carbocycles. The molecule has 2 fully saturated rings. The van der Waals surface area contributed by atoms with E-state index in [4.69, 9.17) is 15.2 Å². The highest BCUT2D eigenvalue weighted by Gasteiger charge is 2.49. The molecule has 29 heavy (non-hydrogen) atoms. The molecule has 2 aromatic heterocycles. The molecule has 4 heterocycles. The first-order valence-corrected chi connectivity index (χ1v) is 10.3. The van der Waals surface area contributed by atoms with Crippen molar-refractivity contribution in [2.75, 3.05) is 18.9 Å². The lowest BCUT2D eigenvalue weighted by Crippen LogP contribution is -2.40. The standard InChI is InChI=1S/C20H20BrN5O3/c21-17-16-18(22)23-6-7-25(16)19(24-17)14-8-13-10-28-11-15(13)26(14)20(27)29-9-12-4-2-1-3-5-12/h1-7,13-15H,8-11H2,(H2,22,23)/t13-,14-,15+/m0/s1. The summed E-state index contributed by atoms with van der Waals surface area (Å²) in [5.41, 5.74) is 7.69. The minimum Gasteiger partial charge on any atom is -0.445 e. The second-order valence-corrected chi connectivity index (χ2v) is 8.11. The quantitative estimate of drug-likeness (QED) is 0.648. The molecule has 2 aliphatic heterocycles. The zero-order valence-corrected chi connectivity index (χ0v) is 17.2. The number of nitrogens with two attached hydrogens (primary N) is 1. The van der Waals surface area contributed by atoms with Crippen molar-refractivity contribution in [1.82, 2.24) is 19.3 Å². The van der Waals surface area contributed by atoms with Gasteiger partial charge in [-0.25, -0.2) is 14.8 Å². The summed E-state index contributed by atoms with van der Waals surface area (Å²) in [6.45, 7) is 1.37. The van der Waals surface area contributed by atoms with Crippen LogP contribution in [0.15, 0.2) is 47.3 Å². The molecule has 0 bridgehead atoms. The molecule has 3 atom stereocenters. The fraction of sp³-hybridized carbons (Fsp3) is 0.350. The Morgan fingerprint density at radius 3 is 2.97 bits per heavy atom. The zero-order valence-electron chi connectivity index (χ0n) is 15.6. The molecular formula is C20H20BrN5O3. The molecule has 2 saturated heterocycles. The molecule has 3 aromatic rings. The Hall–Kier alpha value is -2.65. The third-order valence-corrected chi connectivity index (χ3v) is 6.22. The van der Waals surface area contributed by atoms with E-state index >= 15 is 0 Å². The summed E-state index contributed by atoms with van der Waals surface area (Å²) in [6.07, 6.45) is 3.86. The number of ether oxygens (including phenoxy) is 2. The van der Waals surface area contributed by atoms with Crippen LogP contribution in [-0.4, -0.2) is 44.6 Å². The van der Waals surface area contributed by atoms with Crippen molar-refractivity contribution in [2.24, 2.45) is 5.92 Å². The number of rotatable bonds is 3. The molecule has 0 aliphatic carbocycles. The van der Waals surface area contributed by atoms with E-state index in [2.05, 4.69) is 25.9 Å². The van der Waals surface area contributed by atoms with Crippen molar-refractivity contribution in [2.45, 2.75) is 25.1 Å². The second-order valence-electron chi connectivity index (χ2n) is 7.36. The van der Waals surface area contributed by atoms with Crippen molar-refractivity contribution in [3.8, 4) is 0 Å². The Balaban J connectivity index is 1.47. The number of imidazole rings is 1. The molecule has 8 nitrogen and oxygen atoms in total. The lowest BCUT2D eigenvalue weighted by Gasteiger charge is -2.27. The van der Waals surface area contributed by atoms with Crippen molar-refractivity contribution in [3.05, 3.63) is 58.7 Å². The summed E-state index contributed by atoms with van der Waals surface area (Å²) >= 11 is 3.48. The van der Waals surface area contributed by atoms with Crippen LogP contribution in [0.4, 0.5) is 10.6 Å². The highest BCUT2D eigenvalue weighted by molar-refractivity contribution is 9.10. The first kappa shape index (κ1) is 18.4. The maximum Gasteiger partial charge on any atom is 0.411 e. The summed E-state index contributed by atoms with van der Waals surface area (Å²) in [7, 11) is 0. The van der Waals surface area contributed by atoms with E-state index in [1.807, 2.05) is 40.9 Å². The van der Waals surface area contributed by atoms with Gasteiger partial charge in [0.1, 0.15) is 22.6 Å². The minimum atomic E-state index is -0.355. The maximum absolute atomic E-state index is 13.1. The van der Waals surface area contributed by atoms with Crippen LogP contribution in [0, 0.1) is 5.92 Å². The fourth-order valence-electron chi connectivity index (χ4n) is 4.32. The Labute approximate surface area is 175 Å². The highest BCUT2D eigenvalue weighted by atomic mass is 79.9. The Morgan fingerprint density at radius 2 is 2.14 bits per heavy atom. The van der Waals surface area contributed by atoms with Gasteiger partial charge < -0.3 is 15.2 Å². The van der Waals surface area contributed by atoms with E-state index in [-0.39, 0.29) is 30.7 Å². The molecule has 9 heteroatoms. The molecule has 0 spiro atoms. The molecule has 5 rings (SSSR count). The van der Waals surface area contributed by atoms with Gasteiger partial charge in [0.05, 0.1) is 25.3 Å². The van der Waals surface area contributed by atoms with Crippen molar-refractivity contribution in [3.63, 3.8) is 0 Å². The van der Waals surface area contributed by atoms with Gasteiger partial charge in [-0.2, -0.15) is 0 Å². The van der Waals surface area contributed by atoms with E-state index < -0.39 is 0 Å². The van der Waals surface area contributed by atoms with Crippen molar-refractivity contribution in [1.29, 1.82) is 0 Å². The number of nitrogen functional groups attached to an aromatic ring is 1. The molecule has 150 valence electrons. The van der Waals surface area contributed by atoms with Crippen LogP contribution in [-0.2, 0) is 16.1 Å². The number of likely N-dealkylation sites (tertiary alicyclic amines) is 1. The van der Waals surface area contributed by atoms with Gasteiger partial charge in [0.2, 0.25) is 0 Å². The molecule has 0 unspecified atom stereocenters. The second kappa shape index (κ2) is 7.31. The SMILES string of the molecule is Nc1nccn2c([C@@H]3C[C@H]4COC[C@H]4N3C(=O)OCc3ccccc3)nc(Br)c12. The number of aromatic nitrogens is 3. The normalized spacial score (nSPS) is 23.5. The number of carbonyl (C=O) groups is 1. The lowest BCUT2D eigenvalue weighted by atomic mass is 10.0. The van der Waals surface area contributed by atoms with Gasteiger partial charge in [-0.15, -0.1) is 0 Å². The topological polar surface area (TPSA) is 95.0 Å². The number of fused-ring (bicyclic) bond motifs is 2. The number of halogens is 1.